The van der Waals surface area contributed by atoms with Gasteiger partial charge in [-0.3, -0.25) is 9.59 Å². The average Bonchev–Trinajstić information content (AvgIpc) is 2.86. The number of aryl methyl sites for hydroxylation is 1. The molecule has 0 saturated carbocycles. The molecule has 21 heavy (non-hydrogen) atoms. The SMILES string of the molecule is CCc1ccc(C(=O)CN2CCC(C(C)C)CCC2=O)s1. The Morgan fingerprint density at radius 1 is 1.38 bits per heavy atom. The van der Waals surface area contributed by atoms with E-state index in [2.05, 4.69) is 20.8 Å². The molecule has 0 bridgehead atoms. The van der Waals surface area contributed by atoms with Crippen molar-refractivity contribution in [2.45, 2.75) is 46.5 Å². The molecule has 0 spiro atoms. The van der Waals surface area contributed by atoms with E-state index < -0.39 is 0 Å². The van der Waals surface area contributed by atoms with E-state index in [1.165, 1.54) is 4.88 Å². The van der Waals surface area contributed by atoms with Gasteiger partial charge in [0.1, 0.15) is 0 Å². The minimum absolute atomic E-state index is 0.0797. The number of nitrogens with zero attached hydrogens (tertiary/aromatic N) is 1. The van der Waals surface area contributed by atoms with Gasteiger partial charge >= 0.3 is 0 Å². The van der Waals surface area contributed by atoms with E-state index in [1.54, 1.807) is 16.2 Å². The van der Waals surface area contributed by atoms with Crippen LogP contribution in [0.4, 0.5) is 0 Å². The topological polar surface area (TPSA) is 37.4 Å². The second-order valence-electron chi connectivity index (χ2n) is 6.19. The van der Waals surface area contributed by atoms with Gasteiger partial charge in [0.15, 0.2) is 5.78 Å². The third-order valence-electron chi connectivity index (χ3n) is 4.41. The molecule has 0 aliphatic carbocycles. The van der Waals surface area contributed by atoms with Crippen LogP contribution < -0.4 is 0 Å². The first kappa shape index (κ1) is 16.2. The zero-order valence-electron chi connectivity index (χ0n) is 13.2. The van der Waals surface area contributed by atoms with Gasteiger partial charge in [0.25, 0.3) is 0 Å². The van der Waals surface area contributed by atoms with Gasteiger partial charge < -0.3 is 4.90 Å². The summed E-state index contributed by atoms with van der Waals surface area (Å²) >= 11 is 1.55. The number of hydrogen-bond donors (Lipinski definition) is 0. The number of thiophene rings is 1. The Bertz CT molecular complexity index is 507. The molecule has 1 fully saturated rings. The molecule has 1 aromatic rings. The van der Waals surface area contributed by atoms with Gasteiger partial charge in [0.05, 0.1) is 11.4 Å². The number of carbonyl (C=O) groups is 2. The zero-order chi connectivity index (χ0) is 15.4. The van der Waals surface area contributed by atoms with Crippen molar-refractivity contribution in [1.82, 2.24) is 4.90 Å². The second-order valence-corrected chi connectivity index (χ2v) is 7.36. The lowest BCUT2D eigenvalue weighted by Crippen LogP contribution is -2.35. The van der Waals surface area contributed by atoms with Crippen LogP contribution >= 0.6 is 11.3 Å². The third kappa shape index (κ3) is 4.16. The maximum Gasteiger partial charge on any atom is 0.222 e. The number of Topliss-reactive ketones (excluding diaryl/α,β-unsaturated/α-hetero) is 1. The van der Waals surface area contributed by atoms with E-state index in [4.69, 9.17) is 0 Å². The Balaban J connectivity index is 1.97. The first-order valence-corrected chi connectivity index (χ1v) is 8.72. The highest BCUT2D eigenvalue weighted by Gasteiger charge is 2.26. The van der Waals surface area contributed by atoms with Crippen LogP contribution in [0.5, 0.6) is 0 Å². The van der Waals surface area contributed by atoms with Crippen molar-refractivity contribution in [3.05, 3.63) is 21.9 Å². The number of likely N-dealkylation sites (tertiary alicyclic amines) is 1. The van der Waals surface area contributed by atoms with E-state index in [9.17, 15) is 9.59 Å². The van der Waals surface area contributed by atoms with Gasteiger partial charge in [-0.25, -0.2) is 0 Å². The fourth-order valence-corrected chi connectivity index (χ4v) is 3.74. The zero-order valence-corrected chi connectivity index (χ0v) is 14.0. The van der Waals surface area contributed by atoms with Crippen LogP contribution in [0.3, 0.4) is 0 Å². The number of hydrogen-bond acceptors (Lipinski definition) is 3. The van der Waals surface area contributed by atoms with Gasteiger partial charge in [-0.15, -0.1) is 11.3 Å². The molecule has 1 amide bonds. The Hall–Kier alpha value is -1.16. The van der Waals surface area contributed by atoms with Gasteiger partial charge in [-0.1, -0.05) is 20.8 Å². The Kier molecular flexibility index (Phi) is 5.57. The standard InChI is InChI=1S/C17H25NO2S/c1-4-14-6-7-16(21-14)15(19)11-18-10-9-13(12(2)3)5-8-17(18)20/h6-7,12-13H,4-5,8-11H2,1-3H3. The molecule has 0 radical (unpaired) electrons. The van der Waals surface area contributed by atoms with Crippen molar-refractivity contribution in [2.24, 2.45) is 11.8 Å². The van der Waals surface area contributed by atoms with Crippen molar-refractivity contribution in [3.8, 4) is 0 Å². The summed E-state index contributed by atoms with van der Waals surface area (Å²) in [7, 11) is 0. The molecule has 1 saturated heterocycles. The normalized spacial score (nSPS) is 19.9. The Labute approximate surface area is 131 Å². The largest absolute Gasteiger partial charge is 0.335 e. The van der Waals surface area contributed by atoms with E-state index in [-0.39, 0.29) is 18.2 Å². The fourth-order valence-electron chi connectivity index (χ4n) is 2.86. The number of rotatable bonds is 5. The molecule has 1 unspecified atom stereocenters. The van der Waals surface area contributed by atoms with E-state index in [0.717, 1.165) is 30.7 Å². The average molecular weight is 307 g/mol. The fraction of sp³-hybridized carbons (Fsp3) is 0.647. The second kappa shape index (κ2) is 7.21. The molecule has 1 atom stereocenters. The van der Waals surface area contributed by atoms with Crippen LogP contribution in [0.1, 0.15) is 54.6 Å². The van der Waals surface area contributed by atoms with Crippen molar-refractivity contribution in [3.63, 3.8) is 0 Å². The van der Waals surface area contributed by atoms with Crippen molar-refractivity contribution in [1.29, 1.82) is 0 Å². The highest BCUT2D eigenvalue weighted by atomic mass is 32.1. The molecule has 1 aliphatic rings. The van der Waals surface area contributed by atoms with Crippen molar-refractivity contribution < 1.29 is 9.59 Å². The molecule has 2 rings (SSSR count). The van der Waals surface area contributed by atoms with Crippen LogP contribution in [0, 0.1) is 11.8 Å². The predicted octanol–water partition coefficient (Wildman–Crippen LogP) is 3.78. The minimum Gasteiger partial charge on any atom is -0.335 e. The molecular formula is C17H25NO2S. The lowest BCUT2D eigenvalue weighted by atomic mass is 9.89. The summed E-state index contributed by atoms with van der Waals surface area (Å²) in [6.07, 6.45) is 3.51. The van der Waals surface area contributed by atoms with E-state index in [0.29, 0.717) is 18.3 Å². The van der Waals surface area contributed by atoms with Crippen LogP contribution in [-0.2, 0) is 11.2 Å². The van der Waals surface area contributed by atoms with Crippen LogP contribution in [-0.4, -0.2) is 29.7 Å². The Morgan fingerprint density at radius 3 is 2.76 bits per heavy atom. The highest BCUT2D eigenvalue weighted by molar-refractivity contribution is 7.14. The van der Waals surface area contributed by atoms with Gasteiger partial charge in [0, 0.05) is 17.8 Å². The van der Waals surface area contributed by atoms with Gasteiger partial charge in [-0.2, -0.15) is 0 Å². The first-order valence-electron chi connectivity index (χ1n) is 7.91. The number of ketones is 1. The van der Waals surface area contributed by atoms with Gasteiger partial charge in [-0.05, 0) is 43.2 Å². The minimum atomic E-state index is 0.0797. The van der Waals surface area contributed by atoms with E-state index >= 15 is 0 Å². The van der Waals surface area contributed by atoms with Crippen LogP contribution in [0.25, 0.3) is 0 Å². The van der Waals surface area contributed by atoms with Crippen molar-refractivity contribution >= 4 is 23.0 Å². The lowest BCUT2D eigenvalue weighted by Gasteiger charge is -2.20. The van der Waals surface area contributed by atoms with E-state index in [1.807, 2.05) is 12.1 Å². The molecule has 2 heterocycles. The van der Waals surface area contributed by atoms with Crippen LogP contribution in [0.2, 0.25) is 0 Å². The molecule has 1 aliphatic heterocycles. The predicted molar refractivity (Wildman–Crippen MR) is 86.8 cm³/mol. The summed E-state index contributed by atoms with van der Waals surface area (Å²) in [5.41, 5.74) is 0. The third-order valence-corrected chi connectivity index (χ3v) is 5.68. The molecule has 1 aromatic heterocycles. The summed E-state index contributed by atoms with van der Waals surface area (Å²) in [5, 5.41) is 0. The quantitative estimate of drug-likeness (QED) is 0.776. The number of amides is 1. The van der Waals surface area contributed by atoms with Crippen molar-refractivity contribution in [2.75, 3.05) is 13.1 Å². The highest BCUT2D eigenvalue weighted by Crippen LogP contribution is 2.25. The molecule has 116 valence electrons. The van der Waals surface area contributed by atoms with Crippen LogP contribution in [0.15, 0.2) is 12.1 Å². The molecule has 0 N–H and O–H groups in total. The maximum absolute atomic E-state index is 12.3. The summed E-state index contributed by atoms with van der Waals surface area (Å²) in [6, 6.07) is 3.90. The molecule has 4 heteroatoms. The monoisotopic (exact) mass is 307 g/mol. The number of carbonyl (C=O) groups excluding carboxylic acids is 2. The molecule has 3 nitrogen and oxygen atoms in total. The summed E-state index contributed by atoms with van der Waals surface area (Å²) < 4.78 is 0. The maximum atomic E-state index is 12.3. The first-order chi connectivity index (χ1) is 10.0. The summed E-state index contributed by atoms with van der Waals surface area (Å²) in [4.78, 5) is 28.3. The summed E-state index contributed by atoms with van der Waals surface area (Å²) in [6.45, 7) is 7.49. The summed E-state index contributed by atoms with van der Waals surface area (Å²) in [5.74, 6) is 1.43. The Morgan fingerprint density at radius 2 is 2.14 bits per heavy atom. The molecular weight excluding hydrogens is 282 g/mol. The molecule has 0 aromatic carbocycles. The smallest absolute Gasteiger partial charge is 0.222 e. The van der Waals surface area contributed by atoms with Gasteiger partial charge in [0.2, 0.25) is 5.91 Å². The lowest BCUT2D eigenvalue weighted by molar-refractivity contribution is -0.130.